The van der Waals surface area contributed by atoms with Crippen molar-refractivity contribution in [2.24, 2.45) is 10.7 Å². The third kappa shape index (κ3) is 7.84. The van der Waals surface area contributed by atoms with Crippen molar-refractivity contribution in [2.45, 2.75) is 59.3 Å². The summed E-state index contributed by atoms with van der Waals surface area (Å²) in [6.07, 6.45) is 15.8. The highest BCUT2D eigenvalue weighted by molar-refractivity contribution is 7.55. The maximum Gasteiger partial charge on any atom is 0.148 e. The van der Waals surface area contributed by atoms with E-state index < -0.39 is 0 Å². The van der Waals surface area contributed by atoms with Gasteiger partial charge >= 0.3 is 0 Å². The van der Waals surface area contributed by atoms with Crippen LogP contribution in [0.15, 0.2) is 89.7 Å². The maximum absolute atomic E-state index is 14.5. The lowest BCUT2D eigenvalue weighted by Crippen LogP contribution is -2.34. The Morgan fingerprint density at radius 3 is 2.37 bits per heavy atom. The number of hydrogen-bond donors (Lipinski definition) is 1. The van der Waals surface area contributed by atoms with Gasteiger partial charge in [-0.1, -0.05) is 58.8 Å². The number of benzene rings is 2. The lowest BCUT2D eigenvalue weighted by Gasteiger charge is -2.34. The minimum absolute atomic E-state index is 0.191. The van der Waals surface area contributed by atoms with Crippen molar-refractivity contribution in [3.63, 3.8) is 0 Å². The van der Waals surface area contributed by atoms with Crippen molar-refractivity contribution in [1.82, 2.24) is 19.8 Å². The van der Waals surface area contributed by atoms with E-state index in [2.05, 4.69) is 61.2 Å². The fourth-order valence-corrected chi connectivity index (χ4v) is 6.91. The fraction of sp³-hybridized carbons (Fsp3) is 0.343. The van der Waals surface area contributed by atoms with Gasteiger partial charge in [0.2, 0.25) is 0 Å². The SMILES string of the molecule is CC.Cc1ncc(CCc2cc(F)cc(Pc3ccc(C4=C5C(N)=NC=CN5C(CCN5CCCC5)=CC4)cc3)c2)cn1. The van der Waals surface area contributed by atoms with E-state index in [0.717, 1.165) is 65.7 Å². The predicted octanol–water partition coefficient (Wildman–Crippen LogP) is 5.99. The van der Waals surface area contributed by atoms with Gasteiger partial charge in [0, 0.05) is 43.5 Å². The van der Waals surface area contributed by atoms with Crippen molar-refractivity contribution in [3.05, 3.63) is 113 Å². The number of likely N-dealkylation sites (tertiary alicyclic amines) is 1. The molecule has 0 bridgehead atoms. The minimum atomic E-state index is -0.191. The van der Waals surface area contributed by atoms with E-state index in [-0.39, 0.29) is 5.82 Å². The molecule has 0 spiro atoms. The normalized spacial score (nSPS) is 16.7. The zero-order valence-electron chi connectivity index (χ0n) is 25.5. The molecule has 6 rings (SSSR count). The van der Waals surface area contributed by atoms with Crippen LogP contribution in [-0.2, 0) is 12.8 Å². The number of nitrogens with two attached hydrogens (primary N) is 1. The second kappa shape index (κ2) is 14.7. The molecule has 3 aliphatic heterocycles. The van der Waals surface area contributed by atoms with Crippen molar-refractivity contribution >= 4 is 30.6 Å². The average molecular weight is 597 g/mol. The van der Waals surface area contributed by atoms with Gasteiger partial charge in [-0.05, 0) is 97.1 Å². The van der Waals surface area contributed by atoms with Gasteiger partial charge in [0.15, 0.2) is 0 Å². The van der Waals surface area contributed by atoms with Crippen LogP contribution in [0.4, 0.5) is 4.39 Å². The minimum Gasteiger partial charge on any atom is -0.382 e. The summed E-state index contributed by atoms with van der Waals surface area (Å²) in [6, 6.07) is 14.0. The number of aromatic nitrogens is 2. The summed E-state index contributed by atoms with van der Waals surface area (Å²) in [6.45, 7) is 9.35. The first kappa shape index (κ1) is 30.8. The second-order valence-electron chi connectivity index (χ2n) is 10.9. The molecule has 0 aliphatic carbocycles. The summed E-state index contributed by atoms with van der Waals surface area (Å²) in [5.41, 5.74) is 13.1. The predicted molar refractivity (Wildman–Crippen MR) is 178 cm³/mol. The molecule has 1 saturated heterocycles. The van der Waals surface area contributed by atoms with Gasteiger partial charge in [0.25, 0.3) is 0 Å². The summed E-state index contributed by atoms with van der Waals surface area (Å²) >= 11 is 0. The van der Waals surface area contributed by atoms with Crippen LogP contribution in [0.2, 0.25) is 0 Å². The number of hydrogen-bond acceptors (Lipinski definition) is 6. The zero-order chi connectivity index (χ0) is 30.2. The lowest BCUT2D eigenvalue weighted by molar-refractivity contribution is 0.333. The van der Waals surface area contributed by atoms with Gasteiger partial charge in [-0.25, -0.2) is 19.4 Å². The van der Waals surface area contributed by atoms with Gasteiger partial charge in [-0.15, -0.1) is 0 Å². The first-order chi connectivity index (χ1) is 21.0. The highest BCUT2D eigenvalue weighted by atomic mass is 31.1. The van der Waals surface area contributed by atoms with Gasteiger partial charge in [-0.2, -0.15) is 0 Å². The smallest absolute Gasteiger partial charge is 0.148 e. The van der Waals surface area contributed by atoms with Gasteiger partial charge in [0.1, 0.15) is 17.5 Å². The summed E-state index contributed by atoms with van der Waals surface area (Å²) in [7, 11) is 0.370. The first-order valence-electron chi connectivity index (χ1n) is 15.4. The van der Waals surface area contributed by atoms with Crippen LogP contribution in [0, 0.1) is 12.7 Å². The largest absolute Gasteiger partial charge is 0.382 e. The van der Waals surface area contributed by atoms with Crippen LogP contribution in [-0.4, -0.2) is 45.2 Å². The molecular weight excluding hydrogens is 554 g/mol. The molecule has 0 amide bonds. The maximum atomic E-state index is 14.5. The highest BCUT2D eigenvalue weighted by Crippen LogP contribution is 2.35. The molecule has 1 fully saturated rings. The second-order valence-corrected chi connectivity index (χ2v) is 12.3. The van der Waals surface area contributed by atoms with Crippen LogP contribution in [0.3, 0.4) is 0 Å². The van der Waals surface area contributed by atoms with E-state index in [4.69, 9.17) is 5.73 Å². The molecule has 3 aromatic rings. The van der Waals surface area contributed by atoms with Crippen LogP contribution in [0.5, 0.6) is 0 Å². The Bertz CT molecular complexity index is 1520. The number of aliphatic imine (C=N–C) groups is 1. The molecule has 3 aliphatic rings. The Morgan fingerprint density at radius 1 is 0.907 bits per heavy atom. The van der Waals surface area contributed by atoms with Crippen LogP contribution in [0.1, 0.15) is 62.0 Å². The molecule has 2 aromatic carbocycles. The zero-order valence-corrected chi connectivity index (χ0v) is 26.5. The molecule has 2 N–H and O–H groups in total. The van der Waals surface area contributed by atoms with Gasteiger partial charge < -0.3 is 15.5 Å². The molecule has 8 heteroatoms. The first-order valence-corrected chi connectivity index (χ1v) is 16.4. The average Bonchev–Trinajstić information content (AvgIpc) is 3.55. The number of rotatable bonds is 9. The summed E-state index contributed by atoms with van der Waals surface area (Å²) in [4.78, 5) is 17.7. The molecule has 1 atom stereocenters. The van der Waals surface area contributed by atoms with Crippen LogP contribution in [0.25, 0.3) is 5.57 Å². The number of fused-ring (bicyclic) bond motifs is 1. The van der Waals surface area contributed by atoms with E-state index in [1.807, 2.05) is 39.4 Å². The van der Waals surface area contributed by atoms with Crippen molar-refractivity contribution in [2.75, 3.05) is 19.6 Å². The fourth-order valence-electron chi connectivity index (χ4n) is 5.78. The Kier molecular flexibility index (Phi) is 10.5. The molecule has 43 heavy (non-hydrogen) atoms. The highest BCUT2D eigenvalue weighted by Gasteiger charge is 2.27. The Hall–Kier alpha value is -3.67. The van der Waals surface area contributed by atoms with Gasteiger partial charge in [0.05, 0.1) is 5.70 Å². The van der Waals surface area contributed by atoms with Crippen molar-refractivity contribution < 1.29 is 4.39 Å². The molecule has 0 radical (unpaired) electrons. The lowest BCUT2D eigenvalue weighted by atomic mass is 9.94. The van der Waals surface area contributed by atoms with E-state index in [1.165, 1.54) is 42.5 Å². The molecule has 224 valence electrons. The number of amidine groups is 1. The molecular formula is C35H42FN6P. The van der Waals surface area contributed by atoms with Gasteiger partial charge in [-0.3, -0.25) is 0 Å². The van der Waals surface area contributed by atoms with Crippen molar-refractivity contribution in [1.29, 1.82) is 0 Å². The summed E-state index contributed by atoms with van der Waals surface area (Å²) in [5, 5.41) is 2.17. The third-order valence-corrected chi connectivity index (χ3v) is 9.15. The van der Waals surface area contributed by atoms with Crippen LogP contribution >= 0.6 is 8.58 Å². The van der Waals surface area contributed by atoms with E-state index in [1.54, 1.807) is 18.3 Å². The van der Waals surface area contributed by atoms with Crippen molar-refractivity contribution in [3.8, 4) is 0 Å². The van der Waals surface area contributed by atoms with E-state index >= 15 is 0 Å². The number of aryl methyl sites for hydroxylation is 3. The van der Waals surface area contributed by atoms with Crippen LogP contribution < -0.4 is 16.3 Å². The number of halogens is 1. The Morgan fingerprint density at radius 2 is 1.63 bits per heavy atom. The molecule has 0 saturated carbocycles. The monoisotopic (exact) mass is 596 g/mol. The molecule has 4 heterocycles. The molecule has 1 unspecified atom stereocenters. The summed E-state index contributed by atoms with van der Waals surface area (Å²) < 4.78 is 14.5. The standard InChI is InChI=1S/C33H36FN6P.C2H6/c1-23-37-21-25(22-38-23)5-4-24-18-27(34)20-30(19-24)41-29-9-6-26(7-10-29)31-11-8-28(12-16-39-14-2-3-15-39)40-17-13-36-33(35)32(31)40;1-2/h6-10,13,17-22,41H,2-5,11-12,14-16H2,1H3,(H2,35,36);1-2H3. The summed E-state index contributed by atoms with van der Waals surface area (Å²) in [5.74, 6) is 1.13. The number of nitrogens with zero attached hydrogens (tertiary/aromatic N) is 5. The topological polar surface area (TPSA) is 70.6 Å². The Balaban J connectivity index is 0.00000180. The molecule has 6 nitrogen and oxygen atoms in total. The Labute approximate surface area is 257 Å². The van der Waals surface area contributed by atoms with E-state index in [9.17, 15) is 4.39 Å². The molecule has 1 aromatic heterocycles. The third-order valence-electron chi connectivity index (χ3n) is 7.95. The quantitative estimate of drug-likeness (QED) is 0.307. The number of allylic oxidation sites excluding steroid dienone is 2. The van der Waals surface area contributed by atoms with E-state index in [0.29, 0.717) is 14.4 Å².